The van der Waals surface area contributed by atoms with Crippen molar-refractivity contribution in [3.05, 3.63) is 0 Å². The SMILES string of the molecule is COC(=O)C1CN(C(C)C)CCN1C(C)C. The molecule has 0 amide bonds. The molecule has 0 radical (unpaired) electrons. The summed E-state index contributed by atoms with van der Waals surface area (Å²) in [6.45, 7) is 11.3. The molecule has 0 spiro atoms. The Morgan fingerprint density at radius 2 is 1.81 bits per heavy atom. The van der Waals surface area contributed by atoms with Crippen LogP contribution >= 0.6 is 0 Å². The van der Waals surface area contributed by atoms with Crippen molar-refractivity contribution in [3.63, 3.8) is 0 Å². The van der Waals surface area contributed by atoms with Crippen molar-refractivity contribution in [1.29, 1.82) is 0 Å². The highest BCUT2D eigenvalue weighted by Crippen LogP contribution is 2.16. The first-order chi connectivity index (χ1) is 7.47. The Morgan fingerprint density at radius 1 is 1.19 bits per heavy atom. The molecular weight excluding hydrogens is 204 g/mol. The van der Waals surface area contributed by atoms with Gasteiger partial charge in [-0.1, -0.05) is 0 Å². The minimum Gasteiger partial charge on any atom is -0.468 e. The summed E-state index contributed by atoms with van der Waals surface area (Å²) in [6, 6.07) is 0.765. The maximum atomic E-state index is 11.8. The molecule has 1 heterocycles. The maximum Gasteiger partial charge on any atom is 0.324 e. The number of piperazine rings is 1. The van der Waals surface area contributed by atoms with Crippen LogP contribution in [0, 0.1) is 0 Å². The third-order valence-electron chi connectivity index (χ3n) is 3.32. The average molecular weight is 228 g/mol. The average Bonchev–Trinajstić information content (AvgIpc) is 2.26. The lowest BCUT2D eigenvalue weighted by molar-refractivity contribution is -0.151. The number of nitrogens with zero attached hydrogens (tertiary/aromatic N) is 2. The Hall–Kier alpha value is -0.610. The van der Waals surface area contributed by atoms with Crippen LogP contribution in [0.15, 0.2) is 0 Å². The molecule has 1 unspecified atom stereocenters. The van der Waals surface area contributed by atoms with E-state index in [0.29, 0.717) is 12.1 Å². The van der Waals surface area contributed by atoms with Crippen molar-refractivity contribution in [2.75, 3.05) is 26.7 Å². The van der Waals surface area contributed by atoms with Crippen LogP contribution in [0.5, 0.6) is 0 Å². The molecule has 0 aromatic carbocycles. The van der Waals surface area contributed by atoms with Gasteiger partial charge in [0, 0.05) is 31.7 Å². The largest absolute Gasteiger partial charge is 0.468 e. The molecule has 1 atom stereocenters. The van der Waals surface area contributed by atoms with Gasteiger partial charge in [-0.05, 0) is 27.7 Å². The second kappa shape index (κ2) is 5.64. The predicted octanol–water partition coefficient (Wildman–Crippen LogP) is 0.962. The first kappa shape index (κ1) is 13.5. The number of rotatable bonds is 3. The smallest absolute Gasteiger partial charge is 0.324 e. The fraction of sp³-hybridized carbons (Fsp3) is 0.917. The summed E-state index contributed by atoms with van der Waals surface area (Å²) in [7, 11) is 1.47. The highest BCUT2D eigenvalue weighted by Gasteiger charge is 2.34. The van der Waals surface area contributed by atoms with Crippen LogP contribution < -0.4 is 0 Å². The summed E-state index contributed by atoms with van der Waals surface area (Å²) in [6.07, 6.45) is 0. The van der Waals surface area contributed by atoms with E-state index >= 15 is 0 Å². The van der Waals surface area contributed by atoms with Gasteiger partial charge < -0.3 is 4.74 Å². The summed E-state index contributed by atoms with van der Waals surface area (Å²) in [4.78, 5) is 16.3. The molecule has 0 N–H and O–H groups in total. The van der Waals surface area contributed by atoms with Crippen molar-refractivity contribution in [3.8, 4) is 0 Å². The lowest BCUT2D eigenvalue weighted by atomic mass is 10.1. The molecule has 94 valence electrons. The first-order valence-corrected chi connectivity index (χ1v) is 6.05. The Kier molecular flexibility index (Phi) is 4.74. The van der Waals surface area contributed by atoms with Crippen molar-refractivity contribution in [2.45, 2.75) is 45.8 Å². The Bertz CT molecular complexity index is 241. The minimum atomic E-state index is -0.112. The summed E-state index contributed by atoms with van der Waals surface area (Å²) >= 11 is 0. The van der Waals surface area contributed by atoms with Gasteiger partial charge in [-0.2, -0.15) is 0 Å². The van der Waals surface area contributed by atoms with E-state index in [1.807, 2.05) is 0 Å². The summed E-state index contributed by atoms with van der Waals surface area (Å²) in [5.41, 5.74) is 0. The normalized spacial score (nSPS) is 24.1. The van der Waals surface area contributed by atoms with Crippen molar-refractivity contribution in [2.24, 2.45) is 0 Å². The second-order valence-corrected chi connectivity index (χ2v) is 4.96. The zero-order chi connectivity index (χ0) is 12.3. The van der Waals surface area contributed by atoms with Gasteiger partial charge in [-0.25, -0.2) is 0 Å². The van der Waals surface area contributed by atoms with E-state index in [4.69, 9.17) is 4.74 Å². The van der Waals surface area contributed by atoms with Crippen LogP contribution in [-0.2, 0) is 9.53 Å². The number of hydrogen-bond donors (Lipinski definition) is 0. The molecule has 4 nitrogen and oxygen atoms in total. The number of carbonyl (C=O) groups is 1. The molecule has 1 fully saturated rings. The molecule has 1 aliphatic rings. The monoisotopic (exact) mass is 228 g/mol. The number of esters is 1. The van der Waals surface area contributed by atoms with Gasteiger partial charge in [0.05, 0.1) is 7.11 Å². The first-order valence-electron chi connectivity index (χ1n) is 6.05. The zero-order valence-corrected chi connectivity index (χ0v) is 11.1. The van der Waals surface area contributed by atoms with Gasteiger partial charge in [-0.3, -0.25) is 14.6 Å². The van der Waals surface area contributed by atoms with Gasteiger partial charge in [-0.15, -0.1) is 0 Å². The Balaban J connectivity index is 2.73. The molecule has 16 heavy (non-hydrogen) atoms. The molecule has 0 bridgehead atoms. The van der Waals surface area contributed by atoms with E-state index in [-0.39, 0.29) is 12.0 Å². The van der Waals surface area contributed by atoms with Crippen LogP contribution in [0.3, 0.4) is 0 Å². The Labute approximate surface area is 98.5 Å². The summed E-state index contributed by atoms with van der Waals surface area (Å²) < 4.78 is 4.89. The fourth-order valence-corrected chi connectivity index (χ4v) is 2.25. The molecule has 4 heteroatoms. The Morgan fingerprint density at radius 3 is 2.25 bits per heavy atom. The van der Waals surface area contributed by atoms with Crippen molar-refractivity contribution >= 4 is 5.97 Å². The zero-order valence-electron chi connectivity index (χ0n) is 11.1. The summed E-state index contributed by atoms with van der Waals surface area (Å²) in [5, 5.41) is 0. The topological polar surface area (TPSA) is 32.8 Å². The molecule has 1 rings (SSSR count). The number of ether oxygens (including phenoxy) is 1. The molecule has 0 aromatic rings. The third-order valence-corrected chi connectivity index (χ3v) is 3.32. The van der Waals surface area contributed by atoms with E-state index in [1.165, 1.54) is 7.11 Å². The molecule has 0 aliphatic carbocycles. The lowest BCUT2D eigenvalue weighted by Crippen LogP contribution is -2.59. The van der Waals surface area contributed by atoms with Crippen molar-refractivity contribution in [1.82, 2.24) is 9.80 Å². The van der Waals surface area contributed by atoms with Gasteiger partial charge in [0.15, 0.2) is 0 Å². The van der Waals surface area contributed by atoms with E-state index in [2.05, 4.69) is 37.5 Å². The lowest BCUT2D eigenvalue weighted by Gasteiger charge is -2.43. The van der Waals surface area contributed by atoms with Crippen LogP contribution in [0.1, 0.15) is 27.7 Å². The van der Waals surface area contributed by atoms with Crippen LogP contribution in [0.25, 0.3) is 0 Å². The number of methoxy groups -OCH3 is 1. The van der Waals surface area contributed by atoms with Crippen LogP contribution in [-0.4, -0.2) is 60.6 Å². The van der Waals surface area contributed by atoms with Gasteiger partial charge in [0.25, 0.3) is 0 Å². The molecule has 1 aliphatic heterocycles. The van der Waals surface area contributed by atoms with E-state index in [0.717, 1.165) is 19.6 Å². The maximum absolute atomic E-state index is 11.8. The van der Waals surface area contributed by atoms with Gasteiger partial charge >= 0.3 is 5.97 Å². The third kappa shape index (κ3) is 2.95. The van der Waals surface area contributed by atoms with E-state index in [9.17, 15) is 4.79 Å². The quantitative estimate of drug-likeness (QED) is 0.674. The number of hydrogen-bond acceptors (Lipinski definition) is 4. The molecular formula is C12H24N2O2. The molecule has 1 saturated heterocycles. The molecule has 0 saturated carbocycles. The highest BCUT2D eigenvalue weighted by atomic mass is 16.5. The minimum absolute atomic E-state index is 0.110. The van der Waals surface area contributed by atoms with E-state index in [1.54, 1.807) is 0 Å². The fourth-order valence-electron chi connectivity index (χ4n) is 2.25. The van der Waals surface area contributed by atoms with E-state index < -0.39 is 0 Å². The standard InChI is InChI=1S/C12H24N2O2/c1-9(2)13-6-7-14(10(3)4)11(8-13)12(15)16-5/h9-11H,6-8H2,1-5H3. The van der Waals surface area contributed by atoms with Gasteiger partial charge in [0.1, 0.15) is 6.04 Å². The predicted molar refractivity (Wildman–Crippen MR) is 64.4 cm³/mol. The van der Waals surface area contributed by atoms with Gasteiger partial charge in [0.2, 0.25) is 0 Å². The second-order valence-electron chi connectivity index (χ2n) is 4.96. The van der Waals surface area contributed by atoms with Crippen LogP contribution in [0.2, 0.25) is 0 Å². The van der Waals surface area contributed by atoms with Crippen LogP contribution in [0.4, 0.5) is 0 Å². The summed E-state index contributed by atoms with van der Waals surface area (Å²) in [5.74, 6) is -0.112. The number of carbonyl (C=O) groups excluding carboxylic acids is 1. The van der Waals surface area contributed by atoms with Crippen molar-refractivity contribution < 1.29 is 9.53 Å². The highest BCUT2D eigenvalue weighted by molar-refractivity contribution is 5.76. The molecule has 0 aromatic heterocycles.